The van der Waals surface area contributed by atoms with Gasteiger partial charge in [0.1, 0.15) is 17.0 Å². The van der Waals surface area contributed by atoms with Gasteiger partial charge in [-0.2, -0.15) is 5.10 Å². The number of amides is 1. The number of hydrogen-bond acceptors (Lipinski definition) is 4. The second kappa shape index (κ2) is 7.27. The highest BCUT2D eigenvalue weighted by Crippen LogP contribution is 2.29. The zero-order valence-corrected chi connectivity index (χ0v) is 17.4. The molecule has 7 heteroatoms. The summed E-state index contributed by atoms with van der Waals surface area (Å²) >= 11 is 1.60. The second-order valence-corrected chi connectivity index (χ2v) is 8.01. The Balaban J connectivity index is 1.49. The Morgan fingerprint density at radius 1 is 1.07 bits per heavy atom. The van der Waals surface area contributed by atoms with Crippen molar-refractivity contribution < 1.29 is 4.79 Å². The number of pyridine rings is 1. The molecule has 0 spiro atoms. The lowest BCUT2D eigenvalue weighted by molar-refractivity contribution is 0.101. The van der Waals surface area contributed by atoms with Crippen molar-refractivity contribution in [2.75, 3.05) is 5.32 Å². The number of thiophene rings is 1. The Hall–Kier alpha value is -3.71. The molecule has 0 atom stereocenters. The predicted molar refractivity (Wildman–Crippen MR) is 120 cm³/mol. The highest BCUT2D eigenvalue weighted by Gasteiger charge is 2.17. The number of benzene rings is 1. The van der Waals surface area contributed by atoms with Crippen LogP contribution in [0.3, 0.4) is 0 Å². The first kappa shape index (κ1) is 18.3. The second-order valence-electron chi connectivity index (χ2n) is 7.06. The highest BCUT2D eigenvalue weighted by atomic mass is 32.1. The first-order chi connectivity index (χ1) is 14.6. The van der Waals surface area contributed by atoms with Crippen LogP contribution >= 0.6 is 11.3 Å². The highest BCUT2D eigenvalue weighted by molar-refractivity contribution is 7.13. The summed E-state index contributed by atoms with van der Waals surface area (Å²) in [7, 11) is 1.78. The zero-order chi connectivity index (χ0) is 20.7. The van der Waals surface area contributed by atoms with Crippen LogP contribution in [0.1, 0.15) is 16.1 Å². The van der Waals surface area contributed by atoms with Gasteiger partial charge in [0.15, 0.2) is 0 Å². The van der Waals surface area contributed by atoms with Gasteiger partial charge in [0, 0.05) is 25.0 Å². The maximum atomic E-state index is 13.0. The molecule has 4 aromatic heterocycles. The number of aromatic nitrogens is 4. The van der Waals surface area contributed by atoms with E-state index in [0.29, 0.717) is 11.4 Å². The number of fused-ring (bicyclic) bond motifs is 1. The van der Waals surface area contributed by atoms with E-state index in [9.17, 15) is 4.79 Å². The lowest BCUT2D eigenvalue weighted by Crippen LogP contribution is -2.16. The Morgan fingerprint density at radius 3 is 2.73 bits per heavy atom. The summed E-state index contributed by atoms with van der Waals surface area (Å²) in [6.07, 6.45) is 3.95. The van der Waals surface area contributed by atoms with Gasteiger partial charge in [0.25, 0.3) is 5.91 Å². The summed E-state index contributed by atoms with van der Waals surface area (Å²) in [4.78, 5) is 18.8. The average Bonchev–Trinajstić information content (AvgIpc) is 3.48. The smallest absolute Gasteiger partial charge is 0.273 e. The number of para-hydroxylation sites is 1. The number of rotatable bonds is 4. The summed E-state index contributed by atoms with van der Waals surface area (Å²) in [6.45, 7) is 2.04. The van der Waals surface area contributed by atoms with E-state index in [4.69, 9.17) is 4.98 Å². The molecule has 0 aliphatic carbocycles. The molecule has 1 aromatic carbocycles. The lowest BCUT2D eigenvalue weighted by atomic mass is 10.1. The Labute approximate surface area is 177 Å². The number of nitrogens with one attached hydrogen (secondary N) is 1. The van der Waals surface area contributed by atoms with Gasteiger partial charge in [-0.15, -0.1) is 11.3 Å². The third-order valence-corrected chi connectivity index (χ3v) is 5.91. The van der Waals surface area contributed by atoms with Crippen LogP contribution in [0.4, 0.5) is 5.69 Å². The molecule has 0 saturated heterocycles. The van der Waals surface area contributed by atoms with Crippen molar-refractivity contribution in [3.05, 3.63) is 83.6 Å². The van der Waals surface area contributed by atoms with Gasteiger partial charge in [-0.25, -0.2) is 4.98 Å². The zero-order valence-electron chi connectivity index (χ0n) is 16.5. The van der Waals surface area contributed by atoms with Crippen LogP contribution in [-0.4, -0.2) is 25.1 Å². The van der Waals surface area contributed by atoms with Gasteiger partial charge < -0.3 is 9.72 Å². The minimum atomic E-state index is -0.208. The van der Waals surface area contributed by atoms with Gasteiger partial charge in [-0.05, 0) is 42.1 Å². The molecule has 6 nitrogen and oxygen atoms in total. The van der Waals surface area contributed by atoms with Crippen molar-refractivity contribution >= 4 is 28.6 Å². The molecule has 30 heavy (non-hydrogen) atoms. The minimum Gasteiger partial charge on any atom is -0.320 e. The van der Waals surface area contributed by atoms with Gasteiger partial charge in [0.05, 0.1) is 16.3 Å². The van der Waals surface area contributed by atoms with E-state index >= 15 is 0 Å². The predicted octanol–water partition coefficient (Wildman–Crippen LogP) is 5.02. The number of nitrogens with zero attached hydrogens (tertiary/aromatic N) is 4. The third kappa shape index (κ3) is 3.19. The summed E-state index contributed by atoms with van der Waals surface area (Å²) in [5, 5.41) is 9.52. The van der Waals surface area contributed by atoms with Crippen LogP contribution in [0.15, 0.2) is 72.4 Å². The van der Waals surface area contributed by atoms with Gasteiger partial charge in [-0.1, -0.05) is 30.3 Å². The summed E-state index contributed by atoms with van der Waals surface area (Å²) in [5.41, 5.74) is 5.68. The molecule has 148 valence electrons. The molecule has 4 heterocycles. The molecule has 0 aliphatic heterocycles. The number of imidazole rings is 1. The van der Waals surface area contributed by atoms with Crippen LogP contribution in [0.2, 0.25) is 0 Å². The Bertz CT molecular complexity index is 1360. The van der Waals surface area contributed by atoms with Crippen molar-refractivity contribution in [2.24, 2.45) is 7.05 Å². The van der Waals surface area contributed by atoms with E-state index in [-0.39, 0.29) is 5.91 Å². The molecular formula is C23H19N5OS. The fourth-order valence-electron chi connectivity index (χ4n) is 3.51. The molecule has 0 saturated carbocycles. The lowest BCUT2D eigenvalue weighted by Gasteiger charge is -2.09. The SMILES string of the molecule is Cc1cccn2cc(-c3ccccc3NC(=O)c3cc(-c4cccs4)nn3C)nc12. The molecule has 0 unspecified atom stereocenters. The Kier molecular flexibility index (Phi) is 4.44. The van der Waals surface area contributed by atoms with E-state index in [2.05, 4.69) is 10.4 Å². The van der Waals surface area contributed by atoms with E-state index in [1.54, 1.807) is 23.1 Å². The molecule has 1 amide bonds. The first-order valence-electron chi connectivity index (χ1n) is 9.53. The molecule has 0 fully saturated rings. The maximum Gasteiger partial charge on any atom is 0.273 e. The molecule has 5 aromatic rings. The van der Waals surface area contributed by atoms with Crippen LogP contribution in [0.5, 0.6) is 0 Å². The van der Waals surface area contributed by atoms with Crippen LogP contribution in [0.25, 0.3) is 27.5 Å². The topological polar surface area (TPSA) is 64.2 Å². The van der Waals surface area contributed by atoms with E-state index < -0.39 is 0 Å². The van der Waals surface area contributed by atoms with Crippen molar-refractivity contribution in [3.8, 4) is 21.8 Å². The quantitative estimate of drug-likeness (QED) is 0.450. The van der Waals surface area contributed by atoms with Gasteiger partial charge in [0.2, 0.25) is 0 Å². The average molecular weight is 414 g/mol. The monoisotopic (exact) mass is 413 g/mol. The van der Waals surface area contributed by atoms with Crippen molar-refractivity contribution in [1.82, 2.24) is 19.2 Å². The van der Waals surface area contributed by atoms with Crippen LogP contribution in [0, 0.1) is 6.92 Å². The number of hydrogen-bond donors (Lipinski definition) is 1. The van der Waals surface area contributed by atoms with Crippen molar-refractivity contribution in [3.63, 3.8) is 0 Å². The van der Waals surface area contributed by atoms with E-state index in [1.165, 1.54) is 0 Å². The van der Waals surface area contributed by atoms with Crippen LogP contribution in [-0.2, 0) is 7.05 Å². The fraction of sp³-hybridized carbons (Fsp3) is 0.0870. The third-order valence-electron chi connectivity index (χ3n) is 5.02. The number of carbonyl (C=O) groups excluding carboxylic acids is 1. The minimum absolute atomic E-state index is 0.208. The van der Waals surface area contributed by atoms with Gasteiger partial charge >= 0.3 is 0 Å². The normalized spacial score (nSPS) is 11.1. The number of carbonyl (C=O) groups is 1. The van der Waals surface area contributed by atoms with Gasteiger partial charge in [-0.3, -0.25) is 9.48 Å². The maximum absolute atomic E-state index is 13.0. The standard InChI is InChI=1S/C23H19N5OS/c1-15-7-5-11-28-14-19(24-22(15)28)16-8-3-4-9-17(16)25-23(29)20-13-18(26-27(20)2)21-10-6-12-30-21/h3-14H,1-2H3,(H,25,29). The molecule has 5 rings (SSSR count). The summed E-state index contributed by atoms with van der Waals surface area (Å²) in [5.74, 6) is -0.208. The molecule has 0 bridgehead atoms. The molecule has 1 N–H and O–H groups in total. The van der Waals surface area contributed by atoms with Crippen LogP contribution < -0.4 is 5.32 Å². The van der Waals surface area contributed by atoms with E-state index in [0.717, 1.165) is 33.0 Å². The number of anilines is 1. The number of aryl methyl sites for hydroxylation is 2. The van der Waals surface area contributed by atoms with E-state index in [1.807, 2.05) is 83.7 Å². The molecular weight excluding hydrogens is 394 g/mol. The van der Waals surface area contributed by atoms with Crippen molar-refractivity contribution in [1.29, 1.82) is 0 Å². The molecule has 0 aliphatic rings. The first-order valence-corrected chi connectivity index (χ1v) is 10.4. The molecule has 0 radical (unpaired) electrons. The Morgan fingerprint density at radius 2 is 1.93 bits per heavy atom. The van der Waals surface area contributed by atoms with Crippen molar-refractivity contribution in [2.45, 2.75) is 6.92 Å². The fourth-order valence-corrected chi connectivity index (χ4v) is 4.19. The summed E-state index contributed by atoms with van der Waals surface area (Å²) < 4.78 is 3.61. The largest absolute Gasteiger partial charge is 0.320 e. The summed E-state index contributed by atoms with van der Waals surface area (Å²) in [6, 6.07) is 17.5.